The number of aromatic nitrogens is 3. The summed E-state index contributed by atoms with van der Waals surface area (Å²) in [6.45, 7) is 3.81. The van der Waals surface area contributed by atoms with Crippen molar-refractivity contribution in [3.63, 3.8) is 0 Å². The second kappa shape index (κ2) is 4.73. The first-order valence-corrected chi connectivity index (χ1v) is 5.14. The van der Waals surface area contributed by atoms with Crippen molar-refractivity contribution in [2.45, 2.75) is 19.3 Å². The summed E-state index contributed by atoms with van der Waals surface area (Å²) in [6.07, 6.45) is 8.49. The van der Waals surface area contributed by atoms with E-state index < -0.39 is 0 Å². The van der Waals surface area contributed by atoms with Gasteiger partial charge >= 0.3 is 0 Å². The van der Waals surface area contributed by atoms with Gasteiger partial charge in [0.15, 0.2) is 0 Å². The molecular formula is C12H14N3. The molecule has 0 saturated carbocycles. The molecule has 2 rings (SSSR count). The highest BCUT2D eigenvalue weighted by Crippen LogP contribution is 2.15. The molecule has 0 amide bonds. The van der Waals surface area contributed by atoms with Gasteiger partial charge in [0.25, 0.3) is 0 Å². The minimum absolute atomic E-state index is 0.947. The molecule has 1 N–H and O–H groups in total. The first-order chi connectivity index (χ1) is 7.40. The molecule has 3 nitrogen and oxygen atoms in total. The molecule has 2 aromatic rings. The Balaban J connectivity index is 2.14. The topological polar surface area (TPSA) is 41.6 Å². The van der Waals surface area contributed by atoms with Crippen molar-refractivity contribution in [2.75, 3.05) is 0 Å². The third kappa shape index (κ3) is 2.43. The van der Waals surface area contributed by atoms with Gasteiger partial charge < -0.3 is 4.98 Å². The molecule has 1 radical (unpaired) electrons. The van der Waals surface area contributed by atoms with Crippen LogP contribution in [0.3, 0.4) is 0 Å². The van der Waals surface area contributed by atoms with Crippen LogP contribution in [0.4, 0.5) is 0 Å². The number of H-pyrrole nitrogens is 1. The van der Waals surface area contributed by atoms with Crippen LogP contribution in [0, 0.1) is 6.92 Å². The molecule has 0 aliphatic carbocycles. The smallest absolute Gasteiger partial charge is 0.106 e. The van der Waals surface area contributed by atoms with Gasteiger partial charge in [-0.05, 0) is 18.6 Å². The fourth-order valence-corrected chi connectivity index (χ4v) is 1.44. The van der Waals surface area contributed by atoms with Crippen molar-refractivity contribution in [2.24, 2.45) is 0 Å². The van der Waals surface area contributed by atoms with Crippen molar-refractivity contribution in [1.82, 2.24) is 15.0 Å². The zero-order valence-corrected chi connectivity index (χ0v) is 8.61. The maximum absolute atomic E-state index is 4.49. The summed E-state index contributed by atoms with van der Waals surface area (Å²) in [5.74, 6) is 1.03. The normalized spacial score (nSPS) is 10.5. The van der Waals surface area contributed by atoms with Crippen molar-refractivity contribution in [3.05, 3.63) is 43.5 Å². The molecule has 15 heavy (non-hydrogen) atoms. The van der Waals surface area contributed by atoms with Crippen LogP contribution >= 0.6 is 0 Å². The lowest BCUT2D eigenvalue weighted by Gasteiger charge is -1.94. The molecule has 77 valence electrons. The third-order valence-electron chi connectivity index (χ3n) is 2.25. The van der Waals surface area contributed by atoms with Crippen molar-refractivity contribution < 1.29 is 0 Å². The van der Waals surface area contributed by atoms with Crippen LogP contribution in [0.25, 0.3) is 11.3 Å². The van der Waals surface area contributed by atoms with Gasteiger partial charge in [0, 0.05) is 30.6 Å². The van der Waals surface area contributed by atoms with Crippen LogP contribution in [0.2, 0.25) is 0 Å². The number of imidazole rings is 1. The van der Waals surface area contributed by atoms with Gasteiger partial charge in [-0.3, -0.25) is 4.98 Å². The standard InChI is InChI=1S/C12H14N3/c1-2-3-6-12-14-9-11(15-12)10-5-4-7-13-8-10/h4-5,7-9H,1-3,6H2,(H,14,15). The van der Waals surface area contributed by atoms with E-state index in [-0.39, 0.29) is 0 Å². The molecule has 0 saturated heterocycles. The number of hydrogen-bond acceptors (Lipinski definition) is 2. The SMILES string of the molecule is [CH2]CCCc1nc(-c2cccnc2)c[nH]1. The Hall–Kier alpha value is -1.64. The van der Waals surface area contributed by atoms with Gasteiger partial charge in [-0.1, -0.05) is 13.3 Å². The highest BCUT2D eigenvalue weighted by Gasteiger charge is 2.02. The van der Waals surface area contributed by atoms with E-state index in [1.807, 2.05) is 24.5 Å². The molecule has 0 aliphatic heterocycles. The number of unbranched alkanes of at least 4 members (excludes halogenated alkanes) is 1. The molecule has 0 unspecified atom stereocenters. The Morgan fingerprint density at radius 3 is 3.07 bits per heavy atom. The fourth-order valence-electron chi connectivity index (χ4n) is 1.44. The average Bonchev–Trinajstić information content (AvgIpc) is 2.76. The fraction of sp³-hybridized carbons (Fsp3) is 0.250. The Kier molecular flexibility index (Phi) is 3.12. The van der Waals surface area contributed by atoms with Gasteiger partial charge in [0.05, 0.1) is 5.69 Å². The zero-order chi connectivity index (χ0) is 10.5. The van der Waals surface area contributed by atoms with E-state index in [1.54, 1.807) is 6.20 Å². The summed E-state index contributed by atoms with van der Waals surface area (Å²) in [5.41, 5.74) is 2.01. The van der Waals surface area contributed by atoms with E-state index in [9.17, 15) is 0 Å². The molecule has 0 fully saturated rings. The summed E-state index contributed by atoms with van der Waals surface area (Å²) in [4.78, 5) is 11.7. The minimum atomic E-state index is 0.947. The minimum Gasteiger partial charge on any atom is -0.348 e. The number of nitrogens with zero attached hydrogens (tertiary/aromatic N) is 2. The van der Waals surface area contributed by atoms with Gasteiger partial charge in [-0.15, -0.1) is 0 Å². The molecule has 0 aromatic carbocycles. The lowest BCUT2D eigenvalue weighted by Crippen LogP contribution is -1.87. The summed E-state index contributed by atoms with van der Waals surface area (Å²) >= 11 is 0. The monoisotopic (exact) mass is 200 g/mol. The van der Waals surface area contributed by atoms with E-state index in [0.717, 1.165) is 36.3 Å². The maximum Gasteiger partial charge on any atom is 0.106 e. The van der Waals surface area contributed by atoms with Crippen LogP contribution < -0.4 is 0 Å². The Morgan fingerprint density at radius 2 is 2.33 bits per heavy atom. The van der Waals surface area contributed by atoms with Gasteiger partial charge in [-0.25, -0.2) is 4.98 Å². The first-order valence-electron chi connectivity index (χ1n) is 5.14. The number of aromatic amines is 1. The highest BCUT2D eigenvalue weighted by atomic mass is 14.9. The van der Waals surface area contributed by atoms with Gasteiger partial charge in [-0.2, -0.15) is 0 Å². The van der Waals surface area contributed by atoms with Crippen molar-refractivity contribution in [3.8, 4) is 11.3 Å². The molecule has 3 heteroatoms. The summed E-state index contributed by atoms with van der Waals surface area (Å²) in [6, 6.07) is 3.92. The Bertz CT molecular complexity index is 406. The van der Waals surface area contributed by atoms with Crippen LogP contribution in [0.5, 0.6) is 0 Å². The second-order valence-electron chi connectivity index (χ2n) is 3.43. The zero-order valence-electron chi connectivity index (χ0n) is 8.61. The highest BCUT2D eigenvalue weighted by molar-refractivity contribution is 5.56. The van der Waals surface area contributed by atoms with E-state index in [4.69, 9.17) is 0 Å². The lowest BCUT2D eigenvalue weighted by atomic mass is 10.2. The summed E-state index contributed by atoms with van der Waals surface area (Å²) in [5, 5.41) is 0. The number of nitrogens with one attached hydrogen (secondary N) is 1. The molecule has 0 spiro atoms. The first kappa shape index (κ1) is 9.90. The maximum atomic E-state index is 4.49. The van der Waals surface area contributed by atoms with Gasteiger partial charge in [0.1, 0.15) is 5.82 Å². The van der Waals surface area contributed by atoms with Gasteiger partial charge in [0.2, 0.25) is 0 Å². The van der Waals surface area contributed by atoms with Crippen LogP contribution in [0.15, 0.2) is 30.7 Å². The third-order valence-corrected chi connectivity index (χ3v) is 2.25. The summed E-state index contributed by atoms with van der Waals surface area (Å²) in [7, 11) is 0. The Labute approximate surface area is 89.6 Å². The molecular weight excluding hydrogens is 186 g/mol. The van der Waals surface area contributed by atoms with Crippen molar-refractivity contribution >= 4 is 0 Å². The lowest BCUT2D eigenvalue weighted by molar-refractivity contribution is 0.798. The van der Waals surface area contributed by atoms with E-state index in [1.165, 1.54) is 0 Å². The largest absolute Gasteiger partial charge is 0.348 e. The molecule has 0 bridgehead atoms. The Morgan fingerprint density at radius 1 is 1.40 bits per heavy atom. The molecule has 0 aliphatic rings. The molecule has 2 aromatic heterocycles. The van der Waals surface area contributed by atoms with E-state index >= 15 is 0 Å². The number of hydrogen-bond donors (Lipinski definition) is 1. The number of pyridine rings is 1. The molecule has 0 atom stereocenters. The van der Waals surface area contributed by atoms with Crippen LogP contribution in [-0.2, 0) is 6.42 Å². The predicted octanol–water partition coefficient (Wildman–Crippen LogP) is 2.63. The van der Waals surface area contributed by atoms with E-state index in [2.05, 4.69) is 21.9 Å². The molecule has 2 heterocycles. The number of rotatable bonds is 4. The van der Waals surface area contributed by atoms with Crippen LogP contribution in [-0.4, -0.2) is 15.0 Å². The van der Waals surface area contributed by atoms with E-state index in [0.29, 0.717) is 0 Å². The van der Waals surface area contributed by atoms with Crippen LogP contribution in [0.1, 0.15) is 18.7 Å². The van der Waals surface area contributed by atoms with Crippen molar-refractivity contribution in [1.29, 1.82) is 0 Å². The second-order valence-corrected chi connectivity index (χ2v) is 3.43. The predicted molar refractivity (Wildman–Crippen MR) is 60.1 cm³/mol. The average molecular weight is 200 g/mol. The quantitative estimate of drug-likeness (QED) is 0.824. The summed E-state index contributed by atoms with van der Waals surface area (Å²) < 4.78 is 0. The number of aryl methyl sites for hydroxylation is 1.